The molecule has 24 heavy (non-hydrogen) atoms. The second kappa shape index (κ2) is 7.04. The van der Waals surface area contributed by atoms with Gasteiger partial charge in [-0.1, -0.05) is 18.2 Å². The fraction of sp³-hybridized carbons (Fsp3) is 0.222. The molecule has 124 valence electrons. The van der Waals surface area contributed by atoms with Gasteiger partial charge in [-0.15, -0.1) is 0 Å². The van der Waals surface area contributed by atoms with Gasteiger partial charge in [0.25, 0.3) is 5.91 Å². The number of nitrogens with zero attached hydrogens (tertiary/aromatic N) is 2. The molecule has 0 atom stereocenters. The maximum absolute atomic E-state index is 11.4. The van der Waals surface area contributed by atoms with Crippen molar-refractivity contribution in [3.63, 3.8) is 0 Å². The molecule has 0 saturated carbocycles. The Kier molecular flexibility index (Phi) is 4.65. The Morgan fingerprint density at radius 1 is 0.833 bits per heavy atom. The van der Waals surface area contributed by atoms with E-state index in [4.69, 9.17) is 4.74 Å². The number of ether oxygens (including phenoxy) is 1. The van der Waals surface area contributed by atoms with Gasteiger partial charge in [0, 0.05) is 31.9 Å². The maximum Gasteiger partial charge on any atom is 0.269 e. The Morgan fingerprint density at radius 3 is 2.00 bits per heavy atom. The van der Waals surface area contributed by atoms with Crippen LogP contribution in [-0.4, -0.2) is 43.0 Å². The second-order valence-corrected chi connectivity index (χ2v) is 5.48. The first-order valence-electron chi connectivity index (χ1n) is 7.71. The van der Waals surface area contributed by atoms with E-state index >= 15 is 0 Å². The van der Waals surface area contributed by atoms with Crippen LogP contribution in [0.5, 0.6) is 11.5 Å². The fourth-order valence-corrected chi connectivity index (χ4v) is 2.65. The number of hydrogen-bond donors (Lipinski definition) is 0. The molecule has 6 nitrogen and oxygen atoms in total. The lowest BCUT2D eigenvalue weighted by atomic mass is 10.2. The summed E-state index contributed by atoms with van der Waals surface area (Å²) >= 11 is 0. The van der Waals surface area contributed by atoms with E-state index in [9.17, 15) is 14.7 Å². The van der Waals surface area contributed by atoms with E-state index in [2.05, 4.69) is 4.90 Å². The lowest BCUT2D eigenvalue weighted by Gasteiger charge is -2.36. The minimum atomic E-state index is -1.65. The largest absolute Gasteiger partial charge is 0.540 e. The van der Waals surface area contributed by atoms with E-state index in [0.717, 1.165) is 17.2 Å². The molecule has 2 aromatic rings. The maximum atomic E-state index is 11.4. The SMILES string of the molecule is O=C([O-])C(=O)N1CCN(c2ccc(Oc3ccccc3)cc2)CC1. The van der Waals surface area contributed by atoms with E-state index in [1.54, 1.807) is 0 Å². The Balaban J connectivity index is 1.59. The Hall–Kier alpha value is -3.02. The van der Waals surface area contributed by atoms with E-state index in [0.29, 0.717) is 26.2 Å². The van der Waals surface area contributed by atoms with Gasteiger partial charge in [-0.25, -0.2) is 0 Å². The van der Waals surface area contributed by atoms with Crippen molar-refractivity contribution in [1.82, 2.24) is 4.90 Å². The van der Waals surface area contributed by atoms with Gasteiger partial charge in [-0.3, -0.25) is 4.79 Å². The van der Waals surface area contributed by atoms with Crippen molar-refractivity contribution in [1.29, 1.82) is 0 Å². The van der Waals surface area contributed by atoms with Crippen LogP contribution >= 0.6 is 0 Å². The number of carbonyl (C=O) groups is 2. The number of carboxylic acids is 1. The Bertz CT molecular complexity index is 708. The summed E-state index contributed by atoms with van der Waals surface area (Å²) in [5, 5.41) is 10.6. The highest BCUT2D eigenvalue weighted by Gasteiger charge is 2.21. The molecule has 1 fully saturated rings. The second-order valence-electron chi connectivity index (χ2n) is 5.48. The number of benzene rings is 2. The summed E-state index contributed by atoms with van der Waals surface area (Å²) in [5.41, 5.74) is 1.01. The highest BCUT2D eigenvalue weighted by atomic mass is 16.5. The number of carboxylic acid groups (broad SMARTS) is 1. The zero-order chi connectivity index (χ0) is 16.9. The zero-order valence-electron chi connectivity index (χ0n) is 13.1. The van der Waals surface area contributed by atoms with Gasteiger partial charge >= 0.3 is 0 Å². The number of para-hydroxylation sites is 1. The highest BCUT2D eigenvalue weighted by Crippen LogP contribution is 2.24. The topological polar surface area (TPSA) is 72.9 Å². The molecular weight excluding hydrogens is 308 g/mol. The number of anilines is 1. The average Bonchev–Trinajstić information content (AvgIpc) is 2.63. The van der Waals surface area contributed by atoms with Crippen molar-refractivity contribution in [2.24, 2.45) is 0 Å². The van der Waals surface area contributed by atoms with Gasteiger partial charge in [-0.2, -0.15) is 0 Å². The van der Waals surface area contributed by atoms with E-state index in [1.807, 2.05) is 54.6 Å². The molecule has 1 aliphatic rings. The van der Waals surface area contributed by atoms with Crippen LogP contribution in [0, 0.1) is 0 Å². The van der Waals surface area contributed by atoms with Gasteiger partial charge < -0.3 is 24.4 Å². The third-order valence-electron chi connectivity index (χ3n) is 3.92. The van der Waals surface area contributed by atoms with Crippen LogP contribution in [0.25, 0.3) is 0 Å². The molecule has 0 unspecified atom stereocenters. The smallest absolute Gasteiger partial charge is 0.269 e. The minimum absolute atomic E-state index is 0.370. The summed E-state index contributed by atoms with van der Waals surface area (Å²) in [5.74, 6) is -1.07. The van der Waals surface area contributed by atoms with Crippen molar-refractivity contribution in [2.45, 2.75) is 0 Å². The van der Waals surface area contributed by atoms with Crippen LogP contribution in [0.1, 0.15) is 0 Å². The van der Waals surface area contributed by atoms with Crippen molar-refractivity contribution >= 4 is 17.6 Å². The third-order valence-corrected chi connectivity index (χ3v) is 3.92. The monoisotopic (exact) mass is 325 g/mol. The van der Waals surface area contributed by atoms with Crippen molar-refractivity contribution in [3.05, 3.63) is 54.6 Å². The summed E-state index contributed by atoms with van der Waals surface area (Å²) in [6.45, 7) is 1.90. The molecule has 2 aromatic carbocycles. The van der Waals surface area contributed by atoms with Crippen molar-refractivity contribution in [2.75, 3.05) is 31.1 Å². The van der Waals surface area contributed by atoms with Gasteiger partial charge in [-0.05, 0) is 36.4 Å². The number of aliphatic carboxylic acids is 1. The molecule has 1 amide bonds. The van der Waals surface area contributed by atoms with Crippen molar-refractivity contribution < 1.29 is 19.4 Å². The lowest BCUT2D eigenvalue weighted by molar-refractivity contribution is -0.301. The number of carbonyl (C=O) groups excluding carboxylic acids is 2. The molecular formula is C18H17N2O4-. The highest BCUT2D eigenvalue weighted by molar-refractivity contribution is 6.30. The van der Waals surface area contributed by atoms with E-state index in [-0.39, 0.29) is 0 Å². The summed E-state index contributed by atoms with van der Waals surface area (Å²) in [6.07, 6.45) is 0. The normalized spacial score (nSPS) is 14.3. The van der Waals surface area contributed by atoms with Crippen LogP contribution < -0.4 is 14.7 Å². The Morgan fingerprint density at radius 2 is 1.42 bits per heavy atom. The molecule has 0 N–H and O–H groups in total. The molecule has 0 aliphatic carbocycles. The number of amides is 1. The van der Waals surface area contributed by atoms with Crippen LogP contribution in [0.4, 0.5) is 5.69 Å². The van der Waals surface area contributed by atoms with Gasteiger partial charge in [0.15, 0.2) is 0 Å². The summed E-state index contributed by atoms with van der Waals surface area (Å²) in [4.78, 5) is 25.4. The van der Waals surface area contributed by atoms with E-state index < -0.39 is 11.9 Å². The summed E-state index contributed by atoms with van der Waals surface area (Å²) in [7, 11) is 0. The third kappa shape index (κ3) is 3.65. The standard InChI is InChI=1S/C18H18N2O4/c21-17(18(22)23)20-12-10-19(11-13-20)14-6-8-16(9-7-14)24-15-4-2-1-3-5-15/h1-9H,10-13H2,(H,22,23)/p-1. The first-order valence-corrected chi connectivity index (χ1v) is 7.71. The zero-order valence-corrected chi connectivity index (χ0v) is 13.1. The average molecular weight is 325 g/mol. The molecule has 0 radical (unpaired) electrons. The van der Waals surface area contributed by atoms with Crippen molar-refractivity contribution in [3.8, 4) is 11.5 Å². The molecule has 3 rings (SSSR count). The van der Waals surface area contributed by atoms with Gasteiger partial charge in [0.2, 0.25) is 0 Å². The van der Waals surface area contributed by atoms with Gasteiger partial charge in [0.1, 0.15) is 17.5 Å². The van der Waals surface area contributed by atoms with Crippen LogP contribution in [0.15, 0.2) is 54.6 Å². The predicted molar refractivity (Wildman–Crippen MR) is 86.8 cm³/mol. The van der Waals surface area contributed by atoms with Gasteiger partial charge in [0.05, 0.1) is 0 Å². The fourth-order valence-electron chi connectivity index (χ4n) is 2.65. The lowest BCUT2D eigenvalue weighted by Crippen LogP contribution is -2.53. The molecule has 0 bridgehead atoms. The molecule has 1 saturated heterocycles. The predicted octanol–water partition coefficient (Wildman–Crippen LogP) is 0.877. The molecule has 6 heteroatoms. The first-order chi connectivity index (χ1) is 11.6. The van der Waals surface area contributed by atoms with Crippen LogP contribution in [-0.2, 0) is 9.59 Å². The number of piperazine rings is 1. The van der Waals surface area contributed by atoms with E-state index in [1.165, 1.54) is 4.90 Å². The number of rotatable bonds is 3. The summed E-state index contributed by atoms with van der Waals surface area (Å²) < 4.78 is 5.75. The minimum Gasteiger partial charge on any atom is -0.540 e. The molecule has 0 aromatic heterocycles. The van der Waals surface area contributed by atoms with Crippen LogP contribution in [0.3, 0.4) is 0 Å². The first kappa shape index (κ1) is 15.9. The molecule has 0 spiro atoms. The molecule has 1 heterocycles. The van der Waals surface area contributed by atoms with Crippen LogP contribution in [0.2, 0.25) is 0 Å². The Labute approximate surface area is 139 Å². The summed E-state index contributed by atoms with van der Waals surface area (Å²) in [6, 6.07) is 17.2. The molecule has 1 aliphatic heterocycles. The number of hydrogen-bond acceptors (Lipinski definition) is 5. The quantitative estimate of drug-likeness (QED) is 0.783.